The van der Waals surface area contributed by atoms with Crippen molar-refractivity contribution in [1.82, 2.24) is 0 Å². The molecule has 0 radical (unpaired) electrons. The van der Waals surface area contributed by atoms with Crippen LogP contribution < -0.4 is 0 Å². The van der Waals surface area contributed by atoms with Crippen molar-refractivity contribution in [1.29, 1.82) is 0 Å². The Morgan fingerprint density at radius 1 is 1.41 bits per heavy atom. The van der Waals surface area contributed by atoms with Crippen molar-refractivity contribution < 1.29 is 33.7 Å². The molecule has 29 heavy (non-hydrogen) atoms. The van der Waals surface area contributed by atoms with Crippen LogP contribution in [0.3, 0.4) is 0 Å². The summed E-state index contributed by atoms with van der Waals surface area (Å²) in [6, 6.07) is 0. The SMILES string of the molecule is C=C1C(=O)OC2C3C(C)=CCC3C(C)(CO)C(OC(=O)C(=CC)COC(C)=O)C12. The van der Waals surface area contributed by atoms with E-state index in [1.54, 1.807) is 6.92 Å². The highest BCUT2D eigenvalue weighted by Crippen LogP contribution is 2.58. The van der Waals surface area contributed by atoms with E-state index >= 15 is 0 Å². The Bertz CT molecular complexity index is 808. The van der Waals surface area contributed by atoms with Crippen LogP contribution in [0.15, 0.2) is 35.5 Å². The van der Waals surface area contributed by atoms with Gasteiger partial charge in [-0.1, -0.05) is 31.2 Å². The van der Waals surface area contributed by atoms with Gasteiger partial charge in [-0.05, 0) is 26.2 Å². The Labute approximate surface area is 170 Å². The molecule has 1 saturated heterocycles. The normalized spacial score (nSPS) is 36.1. The zero-order valence-electron chi connectivity index (χ0n) is 17.3. The molecule has 1 aliphatic heterocycles. The number of fused-ring (bicyclic) bond motifs is 3. The molecule has 1 heterocycles. The number of rotatable bonds is 5. The number of hydrogen-bond acceptors (Lipinski definition) is 7. The molecule has 0 spiro atoms. The lowest BCUT2D eigenvalue weighted by Gasteiger charge is -2.52. The predicted molar refractivity (Wildman–Crippen MR) is 103 cm³/mol. The minimum atomic E-state index is -0.795. The summed E-state index contributed by atoms with van der Waals surface area (Å²) in [5.74, 6) is -2.27. The van der Waals surface area contributed by atoms with Crippen molar-refractivity contribution in [3.8, 4) is 0 Å². The first kappa shape index (κ1) is 21.3. The quantitative estimate of drug-likeness (QED) is 0.324. The van der Waals surface area contributed by atoms with Gasteiger partial charge in [0.15, 0.2) is 0 Å². The molecule has 0 amide bonds. The number of hydrogen-bond donors (Lipinski definition) is 1. The monoisotopic (exact) mass is 404 g/mol. The van der Waals surface area contributed by atoms with E-state index in [0.717, 1.165) is 5.57 Å². The number of ether oxygens (including phenoxy) is 3. The second-order valence-corrected chi connectivity index (χ2v) is 8.32. The lowest BCUT2D eigenvalue weighted by molar-refractivity contribution is -0.185. The predicted octanol–water partition coefficient (Wildman–Crippen LogP) is 2.10. The van der Waals surface area contributed by atoms with E-state index in [9.17, 15) is 19.5 Å². The molecule has 1 N–H and O–H groups in total. The summed E-state index contributed by atoms with van der Waals surface area (Å²) in [6.45, 7) is 10.3. The molecule has 2 fully saturated rings. The van der Waals surface area contributed by atoms with Crippen molar-refractivity contribution >= 4 is 17.9 Å². The largest absolute Gasteiger partial charge is 0.461 e. The van der Waals surface area contributed by atoms with Crippen LogP contribution in [0.5, 0.6) is 0 Å². The topological polar surface area (TPSA) is 99.1 Å². The molecule has 1 saturated carbocycles. The maximum atomic E-state index is 12.9. The number of carbonyl (C=O) groups excluding carboxylic acids is 3. The zero-order valence-corrected chi connectivity index (χ0v) is 17.3. The molecular weight excluding hydrogens is 376 g/mol. The Balaban J connectivity index is 1.95. The molecule has 7 nitrogen and oxygen atoms in total. The Morgan fingerprint density at radius 2 is 2.10 bits per heavy atom. The third-order valence-corrected chi connectivity index (χ3v) is 6.71. The van der Waals surface area contributed by atoms with Crippen molar-refractivity contribution in [2.24, 2.45) is 23.2 Å². The summed E-state index contributed by atoms with van der Waals surface area (Å²) in [5.41, 5.74) is 0.775. The molecule has 0 aromatic carbocycles. The summed E-state index contributed by atoms with van der Waals surface area (Å²) >= 11 is 0. The smallest absolute Gasteiger partial charge is 0.337 e. The summed E-state index contributed by atoms with van der Waals surface area (Å²) < 4.78 is 16.5. The van der Waals surface area contributed by atoms with Gasteiger partial charge in [0.05, 0.1) is 18.1 Å². The molecule has 3 aliphatic rings. The van der Waals surface area contributed by atoms with Gasteiger partial charge in [-0.3, -0.25) is 4.79 Å². The molecule has 2 aliphatic carbocycles. The van der Waals surface area contributed by atoms with E-state index < -0.39 is 41.4 Å². The molecule has 0 aromatic heterocycles. The number of aliphatic hydroxyl groups excluding tert-OH is 1. The van der Waals surface area contributed by atoms with E-state index in [-0.39, 0.29) is 36.2 Å². The van der Waals surface area contributed by atoms with Crippen LogP contribution >= 0.6 is 0 Å². The third kappa shape index (κ3) is 3.41. The van der Waals surface area contributed by atoms with Crippen LogP contribution in [0.4, 0.5) is 0 Å². The first-order valence-corrected chi connectivity index (χ1v) is 9.82. The Morgan fingerprint density at radius 3 is 2.69 bits per heavy atom. The molecule has 3 rings (SSSR count). The van der Waals surface area contributed by atoms with Crippen LogP contribution in [0, 0.1) is 23.2 Å². The second kappa shape index (κ2) is 7.78. The number of carbonyl (C=O) groups is 3. The van der Waals surface area contributed by atoms with Gasteiger partial charge in [-0.15, -0.1) is 0 Å². The van der Waals surface area contributed by atoms with Gasteiger partial charge >= 0.3 is 17.9 Å². The van der Waals surface area contributed by atoms with Gasteiger partial charge < -0.3 is 19.3 Å². The minimum absolute atomic E-state index is 0.0345. The van der Waals surface area contributed by atoms with Gasteiger partial charge in [-0.25, -0.2) is 9.59 Å². The van der Waals surface area contributed by atoms with Crippen LogP contribution in [0.25, 0.3) is 0 Å². The standard InChI is InChI=1S/C22H28O7/c1-6-14(9-27-13(4)24)21(26)29-19-17-12(3)20(25)28-18(17)16-11(2)7-8-15(16)22(19,5)10-23/h6-7,15-19,23H,3,8-10H2,1-2,4-5H3. The summed E-state index contributed by atoms with van der Waals surface area (Å²) in [5, 5.41) is 10.4. The Hall–Kier alpha value is -2.41. The van der Waals surface area contributed by atoms with Crippen LogP contribution in [-0.2, 0) is 28.6 Å². The first-order chi connectivity index (χ1) is 13.7. The van der Waals surface area contributed by atoms with Crippen LogP contribution in [0.1, 0.15) is 34.1 Å². The van der Waals surface area contributed by atoms with Crippen molar-refractivity contribution in [3.63, 3.8) is 0 Å². The van der Waals surface area contributed by atoms with E-state index in [0.29, 0.717) is 6.42 Å². The van der Waals surface area contributed by atoms with Gasteiger partial charge in [0, 0.05) is 23.8 Å². The average molecular weight is 404 g/mol. The zero-order chi connectivity index (χ0) is 21.5. The molecule has 0 bridgehead atoms. The molecule has 7 heteroatoms. The van der Waals surface area contributed by atoms with Crippen molar-refractivity contribution in [2.75, 3.05) is 13.2 Å². The molecule has 6 unspecified atom stereocenters. The highest BCUT2D eigenvalue weighted by molar-refractivity contribution is 5.92. The fourth-order valence-electron chi connectivity index (χ4n) is 5.01. The summed E-state index contributed by atoms with van der Waals surface area (Å²) in [7, 11) is 0. The number of aliphatic hydroxyl groups is 1. The number of esters is 3. The van der Waals surface area contributed by atoms with Crippen molar-refractivity contribution in [3.05, 3.63) is 35.5 Å². The van der Waals surface area contributed by atoms with E-state index in [1.807, 2.05) is 13.8 Å². The second-order valence-electron chi connectivity index (χ2n) is 8.32. The number of allylic oxidation sites excluding steroid dienone is 2. The molecule has 0 aromatic rings. The lowest BCUT2D eigenvalue weighted by atomic mass is 9.56. The maximum Gasteiger partial charge on any atom is 0.337 e. The van der Waals surface area contributed by atoms with Gasteiger partial charge in [0.25, 0.3) is 0 Å². The fraction of sp³-hybridized carbons (Fsp3) is 0.591. The van der Waals surface area contributed by atoms with Gasteiger partial charge in [-0.2, -0.15) is 0 Å². The minimum Gasteiger partial charge on any atom is -0.461 e. The van der Waals surface area contributed by atoms with Crippen LogP contribution in [0.2, 0.25) is 0 Å². The van der Waals surface area contributed by atoms with Gasteiger partial charge in [0.2, 0.25) is 0 Å². The van der Waals surface area contributed by atoms with E-state index in [4.69, 9.17) is 14.2 Å². The molecule has 158 valence electrons. The average Bonchev–Trinajstić information content (AvgIpc) is 3.19. The first-order valence-electron chi connectivity index (χ1n) is 9.82. The maximum absolute atomic E-state index is 12.9. The molecule has 6 atom stereocenters. The highest BCUT2D eigenvalue weighted by atomic mass is 16.6. The fourth-order valence-corrected chi connectivity index (χ4v) is 5.01. The lowest BCUT2D eigenvalue weighted by Crippen LogP contribution is -2.59. The summed E-state index contributed by atoms with van der Waals surface area (Å²) in [4.78, 5) is 36.3. The highest BCUT2D eigenvalue weighted by Gasteiger charge is 2.64. The van der Waals surface area contributed by atoms with E-state index in [1.165, 1.54) is 13.0 Å². The van der Waals surface area contributed by atoms with Gasteiger partial charge in [0.1, 0.15) is 18.8 Å². The van der Waals surface area contributed by atoms with E-state index in [2.05, 4.69) is 12.7 Å². The summed E-state index contributed by atoms with van der Waals surface area (Å²) in [6.07, 6.45) is 3.06. The van der Waals surface area contributed by atoms with Crippen LogP contribution in [-0.4, -0.2) is 48.4 Å². The van der Waals surface area contributed by atoms with Crippen molar-refractivity contribution in [2.45, 2.75) is 46.3 Å². The Kier molecular flexibility index (Phi) is 5.72. The third-order valence-electron chi connectivity index (χ3n) is 6.71. The molecular formula is C22H28O7.